The summed E-state index contributed by atoms with van der Waals surface area (Å²) in [4.78, 5) is 12.2. The highest BCUT2D eigenvalue weighted by atomic mass is 19.1. The SMILES string of the molecule is CCCCCCCOc1ccc(C#Cc2ccc(C(=O)Oc3cc(F)cc(F)c3)cc2)cc1. The molecule has 0 saturated heterocycles. The second-order valence-electron chi connectivity index (χ2n) is 7.61. The van der Waals surface area contributed by atoms with Gasteiger partial charge in [-0.1, -0.05) is 44.4 Å². The van der Waals surface area contributed by atoms with Crippen LogP contribution in [0.5, 0.6) is 11.5 Å². The van der Waals surface area contributed by atoms with Gasteiger partial charge in [0.1, 0.15) is 23.1 Å². The van der Waals surface area contributed by atoms with Crippen LogP contribution in [-0.2, 0) is 0 Å². The summed E-state index contributed by atoms with van der Waals surface area (Å²) in [5.41, 5.74) is 1.82. The Kier molecular flexibility index (Phi) is 9.02. The van der Waals surface area contributed by atoms with Gasteiger partial charge in [0.2, 0.25) is 0 Å². The van der Waals surface area contributed by atoms with E-state index in [1.165, 1.54) is 25.7 Å². The number of rotatable bonds is 9. The first-order chi connectivity index (χ1) is 16.0. The molecule has 0 fully saturated rings. The lowest BCUT2D eigenvalue weighted by Gasteiger charge is -2.06. The van der Waals surface area contributed by atoms with Gasteiger partial charge < -0.3 is 9.47 Å². The molecule has 0 aromatic heterocycles. The summed E-state index contributed by atoms with van der Waals surface area (Å²) < 4.78 is 37.3. The first-order valence-electron chi connectivity index (χ1n) is 11.1. The predicted molar refractivity (Wildman–Crippen MR) is 124 cm³/mol. The van der Waals surface area contributed by atoms with Crippen molar-refractivity contribution < 1.29 is 23.0 Å². The molecule has 3 aromatic carbocycles. The van der Waals surface area contributed by atoms with Gasteiger partial charge in [-0.25, -0.2) is 13.6 Å². The van der Waals surface area contributed by atoms with E-state index in [4.69, 9.17) is 9.47 Å². The molecule has 0 aliphatic carbocycles. The number of halogens is 2. The van der Waals surface area contributed by atoms with Crippen LogP contribution in [-0.4, -0.2) is 12.6 Å². The van der Waals surface area contributed by atoms with Crippen molar-refractivity contribution in [3.8, 4) is 23.3 Å². The Labute approximate surface area is 193 Å². The van der Waals surface area contributed by atoms with Gasteiger partial charge in [-0.15, -0.1) is 0 Å². The van der Waals surface area contributed by atoms with E-state index in [1.807, 2.05) is 24.3 Å². The Hall–Kier alpha value is -3.65. The number of unbranched alkanes of at least 4 members (excludes halogenated alkanes) is 4. The molecule has 0 atom stereocenters. The van der Waals surface area contributed by atoms with Crippen LogP contribution in [0.3, 0.4) is 0 Å². The molecule has 0 amide bonds. The van der Waals surface area contributed by atoms with Crippen molar-refractivity contribution in [2.45, 2.75) is 39.0 Å². The maximum absolute atomic E-state index is 13.2. The molecule has 0 saturated carbocycles. The summed E-state index contributed by atoms with van der Waals surface area (Å²) in [6.07, 6.45) is 6.01. The van der Waals surface area contributed by atoms with E-state index in [0.717, 1.165) is 42.0 Å². The number of hydrogen-bond donors (Lipinski definition) is 0. The minimum atomic E-state index is -0.814. The molecular formula is C28H26F2O3. The van der Waals surface area contributed by atoms with Crippen LogP contribution in [0.4, 0.5) is 8.78 Å². The van der Waals surface area contributed by atoms with E-state index < -0.39 is 17.6 Å². The maximum atomic E-state index is 13.2. The van der Waals surface area contributed by atoms with Gasteiger partial charge in [0.25, 0.3) is 0 Å². The van der Waals surface area contributed by atoms with Gasteiger partial charge in [-0.05, 0) is 55.0 Å². The van der Waals surface area contributed by atoms with Gasteiger partial charge in [-0.2, -0.15) is 0 Å². The summed E-state index contributed by atoms with van der Waals surface area (Å²) in [7, 11) is 0. The zero-order chi connectivity index (χ0) is 23.5. The normalized spacial score (nSPS) is 10.3. The standard InChI is InChI=1S/C28H26F2O3/c1-2-3-4-5-6-17-32-26-15-11-22(12-16-26)8-7-21-9-13-23(14-10-21)28(31)33-27-19-24(29)18-25(30)20-27/h9-16,18-20H,2-6,17H2,1H3. The molecule has 170 valence electrons. The quantitative estimate of drug-likeness (QED) is 0.154. The van der Waals surface area contributed by atoms with Crippen LogP contribution in [0.2, 0.25) is 0 Å². The Balaban J connectivity index is 1.51. The third-order valence-corrected chi connectivity index (χ3v) is 4.89. The summed E-state index contributed by atoms with van der Waals surface area (Å²) in [6, 6.07) is 16.7. The van der Waals surface area contributed by atoms with Crippen LogP contribution in [0, 0.1) is 23.5 Å². The van der Waals surface area contributed by atoms with Gasteiger partial charge in [0, 0.05) is 29.3 Å². The summed E-state index contributed by atoms with van der Waals surface area (Å²) in [5, 5.41) is 0. The topological polar surface area (TPSA) is 35.5 Å². The zero-order valence-electron chi connectivity index (χ0n) is 18.6. The lowest BCUT2D eigenvalue weighted by Crippen LogP contribution is -2.08. The molecule has 0 bridgehead atoms. The number of hydrogen-bond acceptors (Lipinski definition) is 3. The van der Waals surface area contributed by atoms with Crippen molar-refractivity contribution in [1.82, 2.24) is 0 Å². The first kappa shape index (κ1) is 24.0. The third-order valence-electron chi connectivity index (χ3n) is 4.89. The van der Waals surface area contributed by atoms with E-state index in [2.05, 4.69) is 18.8 Å². The van der Waals surface area contributed by atoms with Crippen LogP contribution in [0.25, 0.3) is 0 Å². The Morgan fingerprint density at radius 1 is 0.758 bits per heavy atom. The molecule has 0 spiro atoms. The largest absolute Gasteiger partial charge is 0.494 e. The van der Waals surface area contributed by atoms with Gasteiger partial charge in [0.05, 0.1) is 12.2 Å². The van der Waals surface area contributed by atoms with E-state index in [0.29, 0.717) is 6.07 Å². The summed E-state index contributed by atoms with van der Waals surface area (Å²) >= 11 is 0. The van der Waals surface area contributed by atoms with Gasteiger partial charge in [0.15, 0.2) is 0 Å². The maximum Gasteiger partial charge on any atom is 0.343 e. The molecule has 0 radical (unpaired) electrons. The van der Waals surface area contributed by atoms with E-state index in [9.17, 15) is 13.6 Å². The lowest BCUT2D eigenvalue weighted by molar-refractivity contribution is 0.0734. The predicted octanol–water partition coefficient (Wildman–Crippen LogP) is 6.93. The van der Waals surface area contributed by atoms with E-state index >= 15 is 0 Å². The fraction of sp³-hybridized carbons (Fsp3) is 0.250. The number of esters is 1. The molecular weight excluding hydrogens is 422 g/mol. The van der Waals surface area contributed by atoms with Crippen molar-refractivity contribution in [2.24, 2.45) is 0 Å². The summed E-state index contributed by atoms with van der Waals surface area (Å²) in [5.74, 6) is 4.42. The van der Waals surface area contributed by atoms with E-state index in [1.54, 1.807) is 24.3 Å². The molecule has 33 heavy (non-hydrogen) atoms. The van der Waals surface area contributed by atoms with Gasteiger partial charge in [-0.3, -0.25) is 0 Å². The number of benzene rings is 3. The molecule has 0 heterocycles. The Bertz CT molecular complexity index is 1090. The second kappa shape index (κ2) is 12.4. The molecule has 0 aliphatic heterocycles. The molecule has 5 heteroatoms. The second-order valence-corrected chi connectivity index (χ2v) is 7.61. The van der Waals surface area contributed by atoms with Crippen molar-refractivity contribution in [2.75, 3.05) is 6.61 Å². The summed E-state index contributed by atoms with van der Waals surface area (Å²) in [6.45, 7) is 2.92. The highest BCUT2D eigenvalue weighted by Crippen LogP contribution is 2.17. The monoisotopic (exact) mass is 448 g/mol. The number of carbonyl (C=O) groups is 1. The van der Waals surface area contributed by atoms with Gasteiger partial charge >= 0.3 is 5.97 Å². The number of ether oxygens (including phenoxy) is 2. The highest BCUT2D eigenvalue weighted by Gasteiger charge is 2.10. The molecule has 3 aromatic rings. The average Bonchev–Trinajstić information content (AvgIpc) is 2.80. The molecule has 3 rings (SSSR count). The van der Waals surface area contributed by atoms with Crippen molar-refractivity contribution in [1.29, 1.82) is 0 Å². The molecule has 0 unspecified atom stereocenters. The van der Waals surface area contributed by atoms with Crippen molar-refractivity contribution in [3.05, 3.63) is 95.1 Å². The lowest BCUT2D eigenvalue weighted by atomic mass is 10.1. The third kappa shape index (κ3) is 8.08. The van der Waals surface area contributed by atoms with Crippen LogP contribution in [0.15, 0.2) is 66.7 Å². The molecule has 0 aliphatic rings. The Morgan fingerprint density at radius 3 is 1.94 bits per heavy atom. The van der Waals surface area contributed by atoms with Crippen LogP contribution in [0.1, 0.15) is 60.5 Å². The molecule has 3 nitrogen and oxygen atoms in total. The first-order valence-corrected chi connectivity index (χ1v) is 11.1. The van der Waals surface area contributed by atoms with Crippen LogP contribution >= 0.6 is 0 Å². The van der Waals surface area contributed by atoms with E-state index in [-0.39, 0.29) is 11.3 Å². The minimum absolute atomic E-state index is 0.190. The molecule has 0 N–H and O–H groups in total. The zero-order valence-corrected chi connectivity index (χ0v) is 18.6. The number of carbonyl (C=O) groups excluding carboxylic acids is 1. The van der Waals surface area contributed by atoms with Crippen LogP contribution < -0.4 is 9.47 Å². The minimum Gasteiger partial charge on any atom is -0.494 e. The fourth-order valence-electron chi connectivity index (χ4n) is 3.12. The Morgan fingerprint density at radius 2 is 1.33 bits per heavy atom. The van der Waals surface area contributed by atoms with Crippen molar-refractivity contribution in [3.63, 3.8) is 0 Å². The highest BCUT2D eigenvalue weighted by molar-refractivity contribution is 5.91. The smallest absolute Gasteiger partial charge is 0.343 e. The van der Waals surface area contributed by atoms with Crippen molar-refractivity contribution >= 4 is 5.97 Å². The fourth-order valence-corrected chi connectivity index (χ4v) is 3.12. The average molecular weight is 449 g/mol.